The molecule has 0 unspecified atom stereocenters. The maximum absolute atomic E-state index is 13.0. The van der Waals surface area contributed by atoms with Gasteiger partial charge >= 0.3 is 0 Å². The molecule has 5 nitrogen and oxygen atoms in total. The molecule has 0 spiro atoms. The number of hydrogen-bond acceptors (Lipinski definition) is 3. The van der Waals surface area contributed by atoms with Gasteiger partial charge in [0.1, 0.15) is 11.6 Å². The average molecular weight is 315 g/mol. The van der Waals surface area contributed by atoms with Crippen LogP contribution in [0.25, 0.3) is 11.0 Å². The van der Waals surface area contributed by atoms with Crippen LogP contribution in [0.1, 0.15) is 19.7 Å². The second-order valence-electron chi connectivity index (χ2n) is 5.16. The van der Waals surface area contributed by atoms with Crippen molar-refractivity contribution in [2.24, 2.45) is 11.7 Å². The Bertz CT molecular complexity index is 614. The van der Waals surface area contributed by atoms with E-state index in [-0.39, 0.29) is 30.0 Å². The normalized spacial score (nSPS) is 12.2. The largest absolute Gasteiger partial charge is 0.354 e. The molecule has 0 saturated heterocycles. The first-order valence-electron chi connectivity index (χ1n) is 6.65. The maximum atomic E-state index is 13.0. The van der Waals surface area contributed by atoms with Gasteiger partial charge in [-0.05, 0) is 24.1 Å². The summed E-state index contributed by atoms with van der Waals surface area (Å²) in [4.78, 5) is 19.0. The second-order valence-corrected chi connectivity index (χ2v) is 5.16. The zero-order valence-electron chi connectivity index (χ0n) is 12.0. The lowest BCUT2D eigenvalue weighted by Crippen LogP contribution is -2.44. The topological polar surface area (TPSA) is 83.8 Å². The Morgan fingerprint density at radius 1 is 1.48 bits per heavy atom. The number of nitrogens with zero attached hydrogens (tertiary/aromatic N) is 1. The summed E-state index contributed by atoms with van der Waals surface area (Å²) in [6, 6.07) is 3.90. The number of aromatic amines is 1. The van der Waals surface area contributed by atoms with Crippen LogP contribution in [0.2, 0.25) is 0 Å². The summed E-state index contributed by atoms with van der Waals surface area (Å²) in [5.74, 6) is 0.347. The Morgan fingerprint density at radius 3 is 2.86 bits per heavy atom. The van der Waals surface area contributed by atoms with Crippen LogP contribution in [0.15, 0.2) is 18.2 Å². The molecular weight excluding hydrogens is 295 g/mol. The molecule has 4 N–H and O–H groups in total. The first-order chi connectivity index (χ1) is 9.47. The molecule has 21 heavy (non-hydrogen) atoms. The minimum Gasteiger partial charge on any atom is -0.354 e. The van der Waals surface area contributed by atoms with Gasteiger partial charge in [-0.15, -0.1) is 12.4 Å². The van der Waals surface area contributed by atoms with E-state index >= 15 is 0 Å². The number of fused-ring (bicyclic) bond motifs is 1. The van der Waals surface area contributed by atoms with Crippen molar-refractivity contribution in [3.63, 3.8) is 0 Å². The number of benzene rings is 1. The molecule has 0 bridgehead atoms. The van der Waals surface area contributed by atoms with E-state index in [1.54, 1.807) is 6.07 Å². The standard InChI is InChI=1S/C14H19FN4O.ClH/c1-8(2)13(16)14(20)17-6-5-12-18-10-4-3-9(15)7-11(10)19-12;/h3-4,7-8,13H,5-6,16H2,1-2H3,(H,17,20)(H,18,19);1H/t13-;/m0./s1. The number of rotatable bonds is 5. The Kier molecular flexibility index (Phi) is 6.11. The van der Waals surface area contributed by atoms with Crippen molar-refractivity contribution in [3.8, 4) is 0 Å². The van der Waals surface area contributed by atoms with Crippen LogP contribution in [0.4, 0.5) is 4.39 Å². The van der Waals surface area contributed by atoms with Crippen molar-refractivity contribution in [2.45, 2.75) is 26.3 Å². The van der Waals surface area contributed by atoms with Crippen LogP contribution < -0.4 is 11.1 Å². The predicted octanol–water partition coefficient (Wildman–Crippen LogP) is 1.77. The SMILES string of the molecule is CC(C)[C@H](N)C(=O)NCCc1nc2ccc(F)cc2[nH]1.Cl. The molecule has 2 aromatic rings. The zero-order valence-corrected chi connectivity index (χ0v) is 12.8. The lowest BCUT2D eigenvalue weighted by Gasteiger charge is -2.14. The molecule has 0 saturated carbocycles. The summed E-state index contributed by atoms with van der Waals surface area (Å²) in [7, 11) is 0. The molecule has 1 aromatic heterocycles. The number of nitrogens with one attached hydrogen (secondary N) is 2. The molecule has 1 amide bonds. The first kappa shape index (κ1) is 17.4. The number of hydrogen-bond donors (Lipinski definition) is 3. The molecular formula is C14H20ClFN4O. The third kappa shape index (κ3) is 4.41. The third-order valence-corrected chi connectivity index (χ3v) is 3.17. The van der Waals surface area contributed by atoms with E-state index in [4.69, 9.17) is 5.73 Å². The number of imidazole rings is 1. The molecule has 1 heterocycles. The minimum atomic E-state index is -0.500. The molecule has 0 aliphatic rings. The number of carbonyl (C=O) groups is 1. The monoisotopic (exact) mass is 314 g/mol. The Balaban J connectivity index is 0.00000220. The maximum Gasteiger partial charge on any atom is 0.237 e. The summed E-state index contributed by atoms with van der Waals surface area (Å²) < 4.78 is 13.0. The number of aromatic nitrogens is 2. The van der Waals surface area contributed by atoms with E-state index in [2.05, 4.69) is 15.3 Å². The predicted molar refractivity (Wildman–Crippen MR) is 82.8 cm³/mol. The highest BCUT2D eigenvalue weighted by molar-refractivity contribution is 5.85. The fourth-order valence-electron chi connectivity index (χ4n) is 1.88. The van der Waals surface area contributed by atoms with Gasteiger partial charge in [-0.3, -0.25) is 4.79 Å². The zero-order chi connectivity index (χ0) is 14.7. The highest BCUT2D eigenvalue weighted by Crippen LogP contribution is 2.12. The Morgan fingerprint density at radius 2 is 2.19 bits per heavy atom. The number of carbonyl (C=O) groups excluding carboxylic acids is 1. The van der Waals surface area contributed by atoms with E-state index in [1.165, 1.54) is 12.1 Å². The minimum absolute atomic E-state index is 0. The smallest absolute Gasteiger partial charge is 0.237 e. The lowest BCUT2D eigenvalue weighted by atomic mass is 10.1. The lowest BCUT2D eigenvalue weighted by molar-refractivity contribution is -0.123. The van der Waals surface area contributed by atoms with Gasteiger partial charge in [0.05, 0.1) is 17.1 Å². The highest BCUT2D eigenvalue weighted by atomic mass is 35.5. The van der Waals surface area contributed by atoms with E-state index in [0.29, 0.717) is 29.8 Å². The van der Waals surface area contributed by atoms with Crippen molar-refractivity contribution in [1.29, 1.82) is 0 Å². The van der Waals surface area contributed by atoms with Crippen LogP contribution in [-0.4, -0.2) is 28.5 Å². The van der Waals surface area contributed by atoms with E-state index in [1.807, 2.05) is 13.8 Å². The van der Waals surface area contributed by atoms with Crippen molar-refractivity contribution in [2.75, 3.05) is 6.54 Å². The quantitative estimate of drug-likeness (QED) is 0.786. The van der Waals surface area contributed by atoms with Crippen LogP contribution >= 0.6 is 12.4 Å². The van der Waals surface area contributed by atoms with Gasteiger partial charge in [-0.1, -0.05) is 13.8 Å². The van der Waals surface area contributed by atoms with Crippen LogP contribution in [-0.2, 0) is 11.2 Å². The van der Waals surface area contributed by atoms with Gasteiger partial charge in [-0.2, -0.15) is 0 Å². The number of halogens is 2. The summed E-state index contributed by atoms with van der Waals surface area (Å²) >= 11 is 0. The number of amides is 1. The molecule has 0 aliphatic heterocycles. The van der Waals surface area contributed by atoms with Crippen molar-refractivity contribution in [1.82, 2.24) is 15.3 Å². The Hall–Kier alpha value is -1.66. The summed E-state index contributed by atoms with van der Waals surface area (Å²) in [6.07, 6.45) is 0.548. The number of nitrogens with two attached hydrogens (primary N) is 1. The molecule has 0 aliphatic carbocycles. The van der Waals surface area contributed by atoms with Gasteiger partial charge in [-0.25, -0.2) is 9.37 Å². The summed E-state index contributed by atoms with van der Waals surface area (Å²) in [5.41, 5.74) is 7.11. The molecule has 1 atom stereocenters. The fourth-order valence-corrected chi connectivity index (χ4v) is 1.88. The fraction of sp³-hybridized carbons (Fsp3) is 0.429. The number of H-pyrrole nitrogens is 1. The van der Waals surface area contributed by atoms with Gasteiger partial charge in [0.25, 0.3) is 0 Å². The van der Waals surface area contributed by atoms with E-state index < -0.39 is 6.04 Å². The van der Waals surface area contributed by atoms with Crippen molar-refractivity contribution >= 4 is 29.3 Å². The van der Waals surface area contributed by atoms with Gasteiger partial charge in [0, 0.05) is 13.0 Å². The third-order valence-electron chi connectivity index (χ3n) is 3.17. The molecule has 1 aromatic carbocycles. The van der Waals surface area contributed by atoms with Gasteiger partial charge in [0.15, 0.2) is 0 Å². The first-order valence-corrected chi connectivity index (χ1v) is 6.65. The highest BCUT2D eigenvalue weighted by Gasteiger charge is 2.16. The van der Waals surface area contributed by atoms with Crippen LogP contribution in [0, 0.1) is 11.7 Å². The van der Waals surface area contributed by atoms with Crippen molar-refractivity contribution < 1.29 is 9.18 Å². The van der Waals surface area contributed by atoms with E-state index in [9.17, 15) is 9.18 Å². The summed E-state index contributed by atoms with van der Waals surface area (Å²) in [6.45, 7) is 4.25. The summed E-state index contributed by atoms with van der Waals surface area (Å²) in [5, 5.41) is 2.77. The Labute approximate surface area is 128 Å². The molecule has 0 fully saturated rings. The van der Waals surface area contributed by atoms with Gasteiger partial charge < -0.3 is 16.0 Å². The van der Waals surface area contributed by atoms with E-state index in [0.717, 1.165) is 0 Å². The second kappa shape index (κ2) is 7.38. The molecule has 116 valence electrons. The molecule has 2 rings (SSSR count). The van der Waals surface area contributed by atoms with Crippen LogP contribution in [0.3, 0.4) is 0 Å². The average Bonchev–Trinajstić information content (AvgIpc) is 2.79. The molecule has 7 heteroatoms. The van der Waals surface area contributed by atoms with Crippen molar-refractivity contribution in [3.05, 3.63) is 29.8 Å². The van der Waals surface area contributed by atoms with Gasteiger partial charge in [0.2, 0.25) is 5.91 Å². The molecule has 0 radical (unpaired) electrons. The van der Waals surface area contributed by atoms with Crippen LogP contribution in [0.5, 0.6) is 0 Å².